The number of anilines is 8. The molecule has 0 atom stereocenters. The van der Waals surface area contributed by atoms with Gasteiger partial charge in [-0.25, -0.2) is 66.7 Å². The maximum Gasteiger partial charge on any atom is 0.338 e. The van der Waals surface area contributed by atoms with Crippen LogP contribution in [0.4, 0.5) is 46.7 Å². The number of nitrogens with zero attached hydrogens (tertiary/aromatic N) is 16. The van der Waals surface area contributed by atoms with E-state index >= 15 is 0 Å². The van der Waals surface area contributed by atoms with Crippen molar-refractivity contribution in [3.8, 4) is 6.01 Å². The molecular weight excluding hydrogens is 1280 g/mol. The van der Waals surface area contributed by atoms with Gasteiger partial charge in [0.1, 0.15) is 52.4 Å². The first-order valence-corrected chi connectivity index (χ1v) is 29.5. The zero-order chi connectivity index (χ0) is 70.7. The van der Waals surface area contributed by atoms with Crippen LogP contribution in [-0.2, 0) is 0 Å². The zero-order valence-corrected chi connectivity index (χ0v) is 55.3. The number of carbonyl (C=O) groups excluding carboxylic acids is 1. The van der Waals surface area contributed by atoms with Gasteiger partial charge in [-0.05, 0) is 122 Å². The van der Waals surface area contributed by atoms with Crippen LogP contribution in [0, 0.1) is 35.4 Å². The van der Waals surface area contributed by atoms with Gasteiger partial charge >= 0.3 is 6.01 Å². The molecule has 0 aliphatic heterocycles. The monoisotopic (exact) mass is 1350 g/mol. The summed E-state index contributed by atoms with van der Waals surface area (Å²) < 4.78 is 0. The van der Waals surface area contributed by atoms with Crippen LogP contribution >= 0.6 is 23.2 Å². The first-order chi connectivity index (χ1) is 46.7. The molecule has 0 unspecified atom stereocenters. The normalized spacial score (nSPS) is 10.0. The van der Waals surface area contributed by atoms with Crippen LogP contribution in [0.3, 0.4) is 0 Å². The number of para-hydroxylation sites is 7. The Hall–Kier alpha value is -12.5. The van der Waals surface area contributed by atoms with E-state index in [1.165, 1.54) is 6.92 Å². The van der Waals surface area contributed by atoms with Gasteiger partial charge in [0.25, 0.3) is 0 Å². The predicted molar refractivity (Wildman–Crippen MR) is 386 cm³/mol. The first-order valence-electron chi connectivity index (χ1n) is 28.7. The number of benzene rings is 7. The Kier molecular flexibility index (Phi) is 27.4. The van der Waals surface area contributed by atoms with Gasteiger partial charge in [-0.3, -0.25) is 10.2 Å². The highest BCUT2D eigenvalue weighted by atomic mass is 35.5. The molecule has 17 N–H and O–H groups in total. The van der Waals surface area contributed by atoms with Crippen LogP contribution in [0.1, 0.15) is 29.2 Å². The molecule has 0 saturated carbocycles. The number of fused-ring (bicyclic) bond motifs is 7. The summed E-state index contributed by atoms with van der Waals surface area (Å²) in [5.41, 5.74) is 45.4. The van der Waals surface area contributed by atoms with E-state index in [0.29, 0.717) is 40.6 Å². The Bertz CT molecular complexity index is 4780. The van der Waals surface area contributed by atoms with E-state index in [1.54, 1.807) is 6.07 Å². The van der Waals surface area contributed by atoms with Crippen molar-refractivity contribution in [1.82, 2.24) is 69.8 Å². The summed E-state index contributed by atoms with van der Waals surface area (Å²) in [5.74, 6) is 16.2. The molecule has 0 radical (unpaired) electrons. The molecule has 496 valence electrons. The molecule has 7 aromatic carbocycles. The highest BCUT2D eigenvalue weighted by Crippen LogP contribution is 2.26. The van der Waals surface area contributed by atoms with Crippen molar-refractivity contribution in [2.45, 2.75) is 20.8 Å². The lowest BCUT2D eigenvalue weighted by Gasteiger charge is -2.14. The molecule has 7 aromatic heterocycles. The van der Waals surface area contributed by atoms with Crippen molar-refractivity contribution in [2.75, 3.05) is 78.7 Å². The number of halogens is 2. The van der Waals surface area contributed by atoms with Crippen LogP contribution in [0.5, 0.6) is 6.01 Å². The lowest BCUT2D eigenvalue weighted by Crippen LogP contribution is -2.12. The quantitative estimate of drug-likeness (QED) is 0.0184. The van der Waals surface area contributed by atoms with E-state index in [0.717, 1.165) is 94.1 Å². The second-order valence-corrected chi connectivity index (χ2v) is 20.8. The van der Waals surface area contributed by atoms with Crippen molar-refractivity contribution < 1.29 is 9.63 Å². The molecule has 0 saturated heterocycles. The standard InChI is InChI=1S/C11H13N3.C10H10ClN3.C10H9N3O.C9H8ClN3.C9H9N3.C8H9N5.C8H8N4O.H2N2.HNO/c1-8-12-10-7-5-4-6-9(10)11(13-8)14(2)3;1-14(2)9-7-5-3-4-6-8(7)12-10(11)13-9;1-6(14)10-12-8-5-3-2-4-7(8)9(11)13-10;1-11-8-6-4-2-3-5-7(6)12-9(10)13-8;1-6-11-8-5-3-2-4-7(8)9(10)12-6;2*9-7-5-3-1-2-4-6(5)11-8(12-7)13-10;2*1-2/h4-7H,1-3H3;3-6H,1-2H3;2-5H,1H3,(H2,11,12,13);2-5H,1H3,(H,11,12,13);2-5H,1H3,(H2,10,11,12);1-4H,10H2,(H3,9,11,12,13);1-4H,10H2,(H2,9,11,12);1-2H;1H. The fourth-order valence-corrected chi connectivity index (χ4v) is 9.25. The number of aryl methyl sites for hydroxylation is 2. The number of hydrogen-bond donors (Lipinski definition) is 11. The van der Waals surface area contributed by atoms with Crippen LogP contribution in [0.15, 0.2) is 170 Å². The second kappa shape index (κ2) is 36.1. The number of hydrogen-bond acceptors (Lipinski definition) is 30. The van der Waals surface area contributed by atoms with Gasteiger partial charge in [0.2, 0.25) is 16.5 Å². The van der Waals surface area contributed by atoms with Crippen LogP contribution < -0.4 is 60.1 Å². The molecule has 30 nitrogen and oxygen atoms in total. The van der Waals surface area contributed by atoms with Gasteiger partial charge in [0, 0.05) is 79.9 Å². The van der Waals surface area contributed by atoms with Gasteiger partial charge in [0.05, 0.1) is 38.6 Å². The number of aromatic nitrogens is 14. The fraction of sp³-hybridized carbons (Fsp3) is 0.123. The molecule has 7 heterocycles. The minimum Gasteiger partial charge on any atom is -0.383 e. The number of carbonyl (C=O) groups is 1. The average molecular weight is 1350 g/mol. The molecule has 0 spiro atoms. The van der Waals surface area contributed by atoms with Crippen molar-refractivity contribution in [3.05, 3.63) is 203 Å². The summed E-state index contributed by atoms with van der Waals surface area (Å²) in [6.07, 6.45) is 0. The second-order valence-electron chi connectivity index (χ2n) is 20.1. The topological polar surface area (TPSA) is 482 Å². The molecule has 14 aromatic rings. The smallest absolute Gasteiger partial charge is 0.338 e. The molecule has 0 aliphatic carbocycles. The summed E-state index contributed by atoms with van der Waals surface area (Å²) in [5, 5.41) is 9.95. The third-order valence-electron chi connectivity index (χ3n) is 13.1. The third kappa shape index (κ3) is 20.0. The highest BCUT2D eigenvalue weighted by Gasteiger charge is 2.11. The zero-order valence-electron chi connectivity index (χ0n) is 53.8. The van der Waals surface area contributed by atoms with E-state index in [1.807, 2.05) is 223 Å². The third-order valence-corrected chi connectivity index (χ3v) is 13.4. The number of rotatable bonds is 6. The number of nitroso groups, excluding NO2 is 1. The van der Waals surface area contributed by atoms with E-state index in [9.17, 15) is 4.79 Å². The Balaban J connectivity index is 0.000000177. The first kappa shape index (κ1) is 73.5. The number of nitrogen functional groups attached to an aromatic ring is 5. The molecule has 14 rings (SSSR count). The predicted octanol–water partition coefficient (Wildman–Crippen LogP) is 11.5. The molecule has 0 amide bonds. The molecular formula is C65H69Cl2N27O3. The SMILES string of the molecule is CC(=O)c1nc(N)c2ccccc2n1.CN(C)c1nc(Cl)nc2ccccc12.CNc1nc(Cl)nc2ccccc12.Cc1nc(N(C)C)c2ccccc2n1.Cc1nc(N)c2ccccc2n1.N=N.N=O.NNc1nc(N)c2ccccc2n1.NOc1nc(N)c2ccccc2n1. The molecule has 0 fully saturated rings. The Morgan fingerprint density at radius 3 is 1.19 bits per heavy atom. The highest BCUT2D eigenvalue weighted by molar-refractivity contribution is 6.29. The van der Waals surface area contributed by atoms with E-state index in [2.05, 4.69) is 90.9 Å². The van der Waals surface area contributed by atoms with Crippen molar-refractivity contribution >= 4 is 152 Å². The molecule has 97 heavy (non-hydrogen) atoms. The minimum atomic E-state index is -0.178. The van der Waals surface area contributed by atoms with Crippen molar-refractivity contribution in [3.63, 3.8) is 0 Å². The molecule has 0 bridgehead atoms. The minimum absolute atomic E-state index is 0.0798. The largest absolute Gasteiger partial charge is 0.383 e. The van der Waals surface area contributed by atoms with E-state index < -0.39 is 0 Å². The Labute approximate surface area is 565 Å². The summed E-state index contributed by atoms with van der Waals surface area (Å²) in [6, 6.07) is 53.6. The number of hydrazine groups is 1. The Morgan fingerprint density at radius 1 is 0.423 bits per heavy atom. The van der Waals surface area contributed by atoms with Crippen LogP contribution in [0.2, 0.25) is 10.6 Å². The maximum absolute atomic E-state index is 11.1. The van der Waals surface area contributed by atoms with Gasteiger partial charge in [-0.15, -0.1) is 0 Å². The summed E-state index contributed by atoms with van der Waals surface area (Å²) in [7, 11) is 9.67. The van der Waals surface area contributed by atoms with Crippen LogP contribution in [0.25, 0.3) is 76.3 Å². The number of nitrogens with two attached hydrogens (primary N) is 6. The molecule has 0 aliphatic rings. The van der Waals surface area contributed by atoms with Gasteiger partial charge in [-0.2, -0.15) is 30.7 Å². The van der Waals surface area contributed by atoms with Crippen LogP contribution in [-0.4, -0.2) is 111 Å². The summed E-state index contributed by atoms with van der Waals surface area (Å²) in [6.45, 7) is 5.17. The lowest BCUT2D eigenvalue weighted by molar-refractivity contribution is 0.100. The average Bonchev–Trinajstić information content (AvgIpc) is 1.27. The Morgan fingerprint density at radius 2 is 0.753 bits per heavy atom. The fourth-order valence-electron chi connectivity index (χ4n) is 8.90. The molecule has 32 heteroatoms. The maximum atomic E-state index is 11.1. The van der Waals surface area contributed by atoms with Gasteiger partial charge in [-0.1, -0.05) is 90.5 Å². The van der Waals surface area contributed by atoms with Gasteiger partial charge in [0.15, 0.2) is 11.6 Å². The number of Topliss-reactive ketones (excluding diaryl/α,β-unsaturated/α-hetero) is 1. The van der Waals surface area contributed by atoms with Gasteiger partial charge < -0.3 is 42.9 Å². The number of ketones is 1. The summed E-state index contributed by atoms with van der Waals surface area (Å²) >= 11 is 11.6. The van der Waals surface area contributed by atoms with Crippen molar-refractivity contribution in [1.29, 1.82) is 16.7 Å². The van der Waals surface area contributed by atoms with E-state index in [-0.39, 0.29) is 28.2 Å². The van der Waals surface area contributed by atoms with Crippen molar-refractivity contribution in [2.24, 2.45) is 11.7 Å². The number of nitrogens with one attached hydrogen (secondary N) is 5. The lowest BCUT2D eigenvalue weighted by atomic mass is 10.2. The van der Waals surface area contributed by atoms with E-state index in [4.69, 9.17) is 73.8 Å². The summed E-state index contributed by atoms with van der Waals surface area (Å²) in [4.78, 5) is 84.4.